The van der Waals surface area contributed by atoms with Crippen molar-refractivity contribution in [3.05, 3.63) is 0 Å². The number of phosphoric ester groups is 1. The monoisotopic (exact) mass is 609 g/mol. The maximum absolute atomic E-state index is 12.2. The van der Waals surface area contributed by atoms with Gasteiger partial charge in [0.05, 0.1) is 13.2 Å². The van der Waals surface area contributed by atoms with Crippen LogP contribution in [0.25, 0.3) is 0 Å². The Morgan fingerprint density at radius 3 is 1.76 bits per heavy atom. The van der Waals surface area contributed by atoms with Crippen LogP contribution in [-0.2, 0) is 32.9 Å². The lowest BCUT2D eigenvalue weighted by Gasteiger charge is -2.18. The average molecular weight is 610 g/mol. The van der Waals surface area contributed by atoms with Crippen molar-refractivity contribution in [1.29, 1.82) is 0 Å². The quantitative estimate of drug-likeness (QED) is 0.0329. The Bertz CT molecular complexity index is 660. The van der Waals surface area contributed by atoms with Crippen LogP contribution in [0.4, 0.5) is 0 Å². The molecule has 0 saturated heterocycles. The van der Waals surface area contributed by atoms with Crippen LogP contribution in [0.2, 0.25) is 0 Å². The Balaban J connectivity index is 3.83. The lowest BCUT2D eigenvalue weighted by Crippen LogP contribution is -2.28. The highest BCUT2D eigenvalue weighted by atomic mass is 31.2. The molecule has 0 aromatic heterocycles. The summed E-state index contributed by atoms with van der Waals surface area (Å²) in [5.74, 6) is -0.391. The normalized spacial score (nSPS) is 12.4. The lowest BCUT2D eigenvalue weighted by atomic mass is 10.1. The van der Waals surface area contributed by atoms with E-state index in [9.17, 15) is 14.2 Å². The molecule has 0 aliphatic rings. The zero-order chi connectivity index (χ0) is 30.4. The fourth-order valence-electron chi connectivity index (χ4n) is 4.43. The van der Waals surface area contributed by atoms with Crippen molar-refractivity contribution >= 4 is 19.7 Å². The molecule has 3 N–H and O–H groups in total. The number of ether oxygens (including phenoxy) is 3. The maximum atomic E-state index is 12.2. The average Bonchev–Trinajstić information content (AvgIpc) is 2.91. The second kappa shape index (κ2) is 29.1. The molecule has 41 heavy (non-hydrogen) atoms. The Morgan fingerprint density at radius 2 is 1.22 bits per heavy atom. The van der Waals surface area contributed by atoms with Gasteiger partial charge in [0.2, 0.25) is 5.91 Å². The van der Waals surface area contributed by atoms with Crippen molar-refractivity contribution in [3.8, 4) is 0 Å². The largest absolute Gasteiger partial charge is 0.469 e. The van der Waals surface area contributed by atoms with Gasteiger partial charge in [0.1, 0.15) is 12.9 Å². The van der Waals surface area contributed by atoms with E-state index in [0.29, 0.717) is 6.61 Å². The molecule has 244 valence electrons. The Hall–Kier alpha value is -1.03. The van der Waals surface area contributed by atoms with Gasteiger partial charge in [0, 0.05) is 26.5 Å². The lowest BCUT2D eigenvalue weighted by molar-refractivity contribution is -0.158. The van der Waals surface area contributed by atoms with E-state index in [1.807, 2.05) is 0 Å². The smallest absolute Gasteiger partial charge is 0.457 e. The Morgan fingerprint density at radius 1 is 0.707 bits per heavy atom. The maximum Gasteiger partial charge on any atom is 0.469 e. The van der Waals surface area contributed by atoms with Gasteiger partial charge in [-0.1, -0.05) is 110 Å². The van der Waals surface area contributed by atoms with E-state index in [4.69, 9.17) is 24.0 Å². The van der Waals surface area contributed by atoms with E-state index in [0.717, 1.165) is 57.9 Å². The van der Waals surface area contributed by atoms with Crippen LogP contribution in [0.3, 0.4) is 0 Å². The van der Waals surface area contributed by atoms with Gasteiger partial charge >= 0.3 is 13.8 Å². The van der Waals surface area contributed by atoms with Crippen LogP contribution in [0.1, 0.15) is 142 Å². The molecule has 0 heterocycles. The summed E-state index contributed by atoms with van der Waals surface area (Å²) < 4.78 is 31.9. The number of phosphoric acid groups is 1. The molecule has 0 rings (SSSR count). The third-order valence-electron chi connectivity index (χ3n) is 6.77. The van der Waals surface area contributed by atoms with E-state index < -0.39 is 26.5 Å². The van der Waals surface area contributed by atoms with Crippen molar-refractivity contribution < 1.29 is 42.7 Å². The molecule has 0 aliphatic carbocycles. The SMILES string of the molecule is CCCCCCCCCCCCCC(=O)O[C@H](COCOCCCCCCCCCCNC(C)=O)COP(=O)(O)O. The van der Waals surface area contributed by atoms with Crippen molar-refractivity contribution in [2.24, 2.45) is 0 Å². The van der Waals surface area contributed by atoms with Crippen LogP contribution in [0, 0.1) is 0 Å². The first-order valence-electron chi connectivity index (χ1n) is 16.0. The number of esters is 1. The third kappa shape index (κ3) is 33.3. The number of carbonyl (C=O) groups is 2. The topological polar surface area (TPSA) is 141 Å². The predicted molar refractivity (Wildman–Crippen MR) is 161 cm³/mol. The number of hydrogen-bond donors (Lipinski definition) is 3. The molecule has 1 amide bonds. The minimum atomic E-state index is -4.68. The zero-order valence-electron chi connectivity index (χ0n) is 26.0. The summed E-state index contributed by atoms with van der Waals surface area (Å²) in [5, 5.41) is 2.81. The van der Waals surface area contributed by atoms with Crippen molar-refractivity contribution in [3.63, 3.8) is 0 Å². The molecule has 0 aromatic rings. The summed E-state index contributed by atoms with van der Waals surface area (Å²) in [5.41, 5.74) is 0. The van der Waals surface area contributed by atoms with Crippen molar-refractivity contribution in [2.75, 3.05) is 33.2 Å². The van der Waals surface area contributed by atoms with E-state index in [2.05, 4.69) is 16.8 Å². The fraction of sp³-hybridized carbons (Fsp3) is 0.933. The Labute approximate surface area is 249 Å². The van der Waals surface area contributed by atoms with E-state index in [1.165, 1.54) is 77.6 Å². The second-order valence-electron chi connectivity index (χ2n) is 10.9. The molecule has 0 unspecified atom stereocenters. The fourth-order valence-corrected chi connectivity index (χ4v) is 4.79. The van der Waals surface area contributed by atoms with E-state index >= 15 is 0 Å². The molecule has 0 aromatic carbocycles. The first kappa shape index (κ1) is 40.0. The van der Waals surface area contributed by atoms with E-state index in [-0.39, 0.29) is 25.7 Å². The first-order chi connectivity index (χ1) is 19.7. The minimum Gasteiger partial charge on any atom is -0.457 e. The highest BCUT2D eigenvalue weighted by molar-refractivity contribution is 7.46. The molecule has 0 aliphatic heterocycles. The molecule has 11 heteroatoms. The van der Waals surface area contributed by atoms with Gasteiger partial charge in [-0.2, -0.15) is 0 Å². The number of nitrogens with one attached hydrogen (secondary N) is 1. The van der Waals surface area contributed by atoms with Crippen molar-refractivity contribution in [1.82, 2.24) is 5.32 Å². The summed E-state index contributed by atoms with van der Waals surface area (Å²) in [4.78, 5) is 41.0. The van der Waals surface area contributed by atoms with E-state index in [1.54, 1.807) is 0 Å². The van der Waals surface area contributed by atoms with Crippen molar-refractivity contribution in [2.45, 2.75) is 148 Å². The molecule has 1 atom stereocenters. The molecule has 10 nitrogen and oxygen atoms in total. The zero-order valence-corrected chi connectivity index (χ0v) is 26.8. The van der Waals surface area contributed by atoms with Crippen LogP contribution >= 0.6 is 7.82 Å². The number of rotatable bonds is 31. The van der Waals surface area contributed by atoms with Crippen LogP contribution in [0.15, 0.2) is 0 Å². The summed E-state index contributed by atoms with van der Waals surface area (Å²) in [6, 6.07) is 0. The van der Waals surface area contributed by atoms with Gasteiger partial charge in [-0.3, -0.25) is 14.1 Å². The standard InChI is InChI=1S/C30H60NO9P/c1-3-4-5-6-7-8-9-10-13-16-19-22-30(33)40-29(26-39-41(34,35)36)25-38-27-37-24-21-18-15-12-11-14-17-20-23-31-28(2)32/h29H,3-27H2,1-2H3,(H,31,32)(H2,34,35,36)/t29-/m1/s1. The molecule has 0 radical (unpaired) electrons. The van der Waals surface area contributed by atoms with Gasteiger partial charge in [-0.15, -0.1) is 0 Å². The second-order valence-corrected chi connectivity index (χ2v) is 12.1. The number of unbranched alkanes of at least 4 members (excludes halogenated alkanes) is 17. The molecular weight excluding hydrogens is 549 g/mol. The third-order valence-corrected chi connectivity index (χ3v) is 7.26. The molecule has 0 spiro atoms. The van der Waals surface area contributed by atoms with Crippen LogP contribution in [-0.4, -0.2) is 60.9 Å². The number of carbonyl (C=O) groups excluding carboxylic acids is 2. The van der Waals surface area contributed by atoms with Gasteiger partial charge in [-0.25, -0.2) is 4.57 Å². The van der Waals surface area contributed by atoms with Crippen LogP contribution < -0.4 is 5.32 Å². The Kier molecular flexibility index (Phi) is 28.3. The summed E-state index contributed by atoms with van der Waals surface area (Å²) in [7, 11) is -4.68. The van der Waals surface area contributed by atoms with Gasteiger partial charge in [0.25, 0.3) is 0 Å². The highest BCUT2D eigenvalue weighted by Gasteiger charge is 2.21. The summed E-state index contributed by atoms with van der Waals surface area (Å²) in [6.07, 6.45) is 21.2. The summed E-state index contributed by atoms with van der Waals surface area (Å²) in [6.45, 7) is 4.58. The number of hydrogen-bond acceptors (Lipinski definition) is 7. The van der Waals surface area contributed by atoms with Gasteiger partial charge in [0.15, 0.2) is 0 Å². The molecule has 0 fully saturated rings. The first-order valence-corrected chi connectivity index (χ1v) is 17.6. The molecular formula is C30H60NO9P. The predicted octanol–water partition coefficient (Wildman–Crippen LogP) is 6.96. The highest BCUT2D eigenvalue weighted by Crippen LogP contribution is 2.35. The molecule has 0 saturated carbocycles. The van der Waals surface area contributed by atoms with Gasteiger partial charge < -0.3 is 29.3 Å². The number of amides is 1. The summed E-state index contributed by atoms with van der Waals surface area (Å²) >= 11 is 0. The van der Waals surface area contributed by atoms with Crippen LogP contribution in [0.5, 0.6) is 0 Å². The minimum absolute atomic E-state index is 0.0108. The molecule has 0 bridgehead atoms. The van der Waals surface area contributed by atoms with Gasteiger partial charge in [-0.05, 0) is 19.3 Å².